The van der Waals surface area contributed by atoms with Crippen molar-refractivity contribution in [3.63, 3.8) is 0 Å². The quantitative estimate of drug-likeness (QED) is 0.895. The molecule has 0 radical (unpaired) electrons. The Bertz CT molecular complexity index is 539. The van der Waals surface area contributed by atoms with Crippen LogP contribution in [0.4, 0.5) is 0 Å². The van der Waals surface area contributed by atoms with Crippen LogP contribution in [0, 0.1) is 0 Å². The number of fused-ring (bicyclic) bond motifs is 2. The largest absolute Gasteiger partial charge is 0.412 e. The van der Waals surface area contributed by atoms with E-state index in [-0.39, 0.29) is 24.0 Å². The molecule has 136 valence electrons. The molecule has 0 saturated carbocycles. The molecule has 1 unspecified atom stereocenters. The van der Waals surface area contributed by atoms with E-state index in [9.17, 15) is 5.11 Å². The number of likely N-dealkylation sites (N-methyl/N-ethyl adjacent to an activating group) is 1. The fourth-order valence-corrected chi connectivity index (χ4v) is 4.63. The fraction of sp³-hybridized carbons (Fsp3) is 0.684. The van der Waals surface area contributed by atoms with Crippen LogP contribution in [0.3, 0.4) is 0 Å². The van der Waals surface area contributed by atoms with Gasteiger partial charge in [0.05, 0.1) is 6.10 Å². The Balaban J connectivity index is 0.00000104. The molecule has 1 aromatic carbocycles. The van der Waals surface area contributed by atoms with Gasteiger partial charge in [0.15, 0.2) is 0 Å². The van der Waals surface area contributed by atoms with Crippen LogP contribution in [0.2, 0.25) is 0 Å². The zero-order valence-electron chi connectivity index (χ0n) is 14.7. The van der Waals surface area contributed by atoms with Crippen molar-refractivity contribution in [1.29, 1.82) is 0 Å². The smallest absolute Gasteiger partial charge is 0.0922 e. The van der Waals surface area contributed by atoms with E-state index in [1.807, 2.05) is 0 Å². The van der Waals surface area contributed by atoms with Gasteiger partial charge in [-0.3, -0.25) is 4.90 Å². The second kappa shape index (κ2) is 8.15. The van der Waals surface area contributed by atoms with Gasteiger partial charge in [0.1, 0.15) is 0 Å². The summed E-state index contributed by atoms with van der Waals surface area (Å²) < 4.78 is 0. The molecule has 1 atom stereocenters. The fourth-order valence-electron chi connectivity index (χ4n) is 4.63. The number of hydrogen-bond donors (Lipinski definition) is 1. The third kappa shape index (κ3) is 3.63. The summed E-state index contributed by atoms with van der Waals surface area (Å²) in [6.45, 7) is 5.24. The van der Waals surface area contributed by atoms with E-state index in [0.29, 0.717) is 0 Å². The molecule has 4 nitrogen and oxygen atoms in total. The maximum absolute atomic E-state index is 11.0. The van der Waals surface area contributed by atoms with Gasteiger partial charge in [-0.25, -0.2) is 0 Å². The highest BCUT2D eigenvalue weighted by atomic mass is 35.5. The minimum atomic E-state index is -0.289. The molecule has 2 aliphatic carbocycles. The van der Waals surface area contributed by atoms with Gasteiger partial charge < -0.3 is 15.5 Å². The Morgan fingerprint density at radius 2 is 1.50 bits per heavy atom. The molecule has 5 heteroatoms. The van der Waals surface area contributed by atoms with Crippen molar-refractivity contribution in [3.05, 3.63) is 33.9 Å². The molecule has 4 rings (SSSR count). The van der Waals surface area contributed by atoms with Gasteiger partial charge in [0, 0.05) is 32.7 Å². The van der Waals surface area contributed by atoms with E-state index in [0.717, 1.165) is 32.7 Å². The molecule has 1 fully saturated rings. The van der Waals surface area contributed by atoms with E-state index < -0.39 is 0 Å². The SMILES string of the molecule is CN1CCN(CC(O)c2c3c(cc4c2CCC4)CCC3)CC1.Cl.O. The number of β-amino-alcohol motifs (C(OH)–C–C–N with tert-alkyl or cyclic N) is 1. The van der Waals surface area contributed by atoms with Gasteiger partial charge in [-0.1, -0.05) is 6.07 Å². The lowest BCUT2D eigenvalue weighted by molar-refractivity contribution is 0.0797. The molecule has 24 heavy (non-hydrogen) atoms. The van der Waals surface area contributed by atoms with Crippen LogP contribution in [-0.4, -0.2) is 60.2 Å². The molecule has 1 aliphatic heterocycles. The van der Waals surface area contributed by atoms with Gasteiger partial charge in [0.25, 0.3) is 0 Å². The maximum Gasteiger partial charge on any atom is 0.0922 e. The summed E-state index contributed by atoms with van der Waals surface area (Å²) in [6, 6.07) is 2.46. The minimum absolute atomic E-state index is 0. The van der Waals surface area contributed by atoms with Crippen molar-refractivity contribution in [3.8, 4) is 0 Å². The van der Waals surface area contributed by atoms with Gasteiger partial charge in [0.2, 0.25) is 0 Å². The maximum atomic E-state index is 11.0. The van der Waals surface area contributed by atoms with Crippen molar-refractivity contribution in [1.82, 2.24) is 9.80 Å². The van der Waals surface area contributed by atoms with Crippen molar-refractivity contribution >= 4 is 12.4 Å². The topological polar surface area (TPSA) is 58.2 Å². The average molecular weight is 355 g/mol. The third-order valence-corrected chi connectivity index (χ3v) is 5.88. The summed E-state index contributed by atoms with van der Waals surface area (Å²) >= 11 is 0. The molecule has 0 amide bonds. The van der Waals surface area contributed by atoms with Crippen LogP contribution >= 0.6 is 12.4 Å². The zero-order chi connectivity index (χ0) is 15.1. The first-order chi connectivity index (χ1) is 10.7. The normalized spacial score (nSPS) is 21.6. The molecule has 3 aliphatic rings. The summed E-state index contributed by atoms with van der Waals surface area (Å²) in [5.74, 6) is 0. The Kier molecular flexibility index (Phi) is 6.68. The molecule has 1 heterocycles. The molecule has 0 aromatic heterocycles. The Labute approximate surface area is 151 Å². The highest BCUT2D eigenvalue weighted by Gasteiger charge is 2.28. The Morgan fingerprint density at radius 3 is 2.04 bits per heavy atom. The molecule has 1 aromatic rings. The summed E-state index contributed by atoms with van der Waals surface area (Å²) in [5.41, 5.74) is 7.41. The number of aryl methyl sites for hydroxylation is 2. The molecule has 1 saturated heterocycles. The molecule has 0 spiro atoms. The van der Waals surface area contributed by atoms with Crippen LogP contribution in [0.15, 0.2) is 6.07 Å². The molecule has 0 bridgehead atoms. The monoisotopic (exact) mass is 354 g/mol. The Morgan fingerprint density at radius 1 is 0.958 bits per heavy atom. The van der Waals surface area contributed by atoms with Crippen molar-refractivity contribution in [2.45, 2.75) is 44.6 Å². The van der Waals surface area contributed by atoms with E-state index in [4.69, 9.17) is 0 Å². The zero-order valence-corrected chi connectivity index (χ0v) is 15.5. The molecule has 3 N–H and O–H groups in total. The standard InChI is InChI=1S/C19H28N2O.ClH.H2O/c1-20-8-10-21(11-9-20)13-18(22)19-16-6-2-4-14(16)12-15-5-3-7-17(15)19;;/h12,18,22H,2-11,13H2,1H3;1H;1H2. The highest BCUT2D eigenvalue weighted by molar-refractivity contribution is 5.85. The van der Waals surface area contributed by atoms with Crippen LogP contribution in [0.25, 0.3) is 0 Å². The van der Waals surface area contributed by atoms with Crippen molar-refractivity contribution in [2.75, 3.05) is 39.8 Å². The summed E-state index contributed by atoms with van der Waals surface area (Å²) in [7, 11) is 2.19. The van der Waals surface area contributed by atoms with Crippen LogP contribution in [0.1, 0.15) is 46.8 Å². The van der Waals surface area contributed by atoms with Crippen LogP contribution in [-0.2, 0) is 25.7 Å². The van der Waals surface area contributed by atoms with Crippen molar-refractivity contribution < 1.29 is 10.6 Å². The first kappa shape index (κ1) is 19.7. The van der Waals surface area contributed by atoms with Gasteiger partial charge in [-0.2, -0.15) is 0 Å². The lowest BCUT2D eigenvalue weighted by Gasteiger charge is -2.34. The first-order valence-electron chi connectivity index (χ1n) is 8.98. The van der Waals surface area contributed by atoms with Gasteiger partial charge in [-0.05, 0) is 73.4 Å². The summed E-state index contributed by atoms with van der Waals surface area (Å²) in [5, 5.41) is 11.0. The second-order valence-corrected chi connectivity index (χ2v) is 7.39. The van der Waals surface area contributed by atoms with E-state index in [1.165, 1.54) is 66.3 Å². The number of halogens is 1. The van der Waals surface area contributed by atoms with Gasteiger partial charge >= 0.3 is 0 Å². The van der Waals surface area contributed by atoms with Gasteiger partial charge in [-0.15, -0.1) is 12.4 Å². The lowest BCUT2D eigenvalue weighted by atomic mass is 9.90. The number of aliphatic hydroxyl groups is 1. The lowest BCUT2D eigenvalue weighted by Crippen LogP contribution is -2.45. The van der Waals surface area contributed by atoms with Crippen molar-refractivity contribution in [2.24, 2.45) is 0 Å². The molecular weight excluding hydrogens is 324 g/mol. The van der Waals surface area contributed by atoms with E-state index >= 15 is 0 Å². The highest BCUT2D eigenvalue weighted by Crippen LogP contribution is 2.38. The minimum Gasteiger partial charge on any atom is -0.412 e. The van der Waals surface area contributed by atoms with E-state index in [1.54, 1.807) is 0 Å². The number of hydrogen-bond acceptors (Lipinski definition) is 3. The number of benzene rings is 1. The third-order valence-electron chi connectivity index (χ3n) is 5.88. The number of aliphatic hydroxyl groups excluding tert-OH is 1. The summed E-state index contributed by atoms with van der Waals surface area (Å²) in [4.78, 5) is 4.82. The number of rotatable bonds is 3. The van der Waals surface area contributed by atoms with Crippen LogP contribution < -0.4 is 0 Å². The Hall–Kier alpha value is -0.650. The predicted octanol–water partition coefficient (Wildman–Crippen LogP) is 1.54. The van der Waals surface area contributed by atoms with E-state index in [2.05, 4.69) is 22.9 Å². The average Bonchev–Trinajstić information content (AvgIpc) is 3.15. The summed E-state index contributed by atoms with van der Waals surface area (Å²) in [6.07, 6.45) is 7.05. The number of nitrogens with zero attached hydrogens (tertiary/aromatic N) is 2. The molecular formula is C19H31ClN2O2. The number of piperazine rings is 1. The second-order valence-electron chi connectivity index (χ2n) is 7.39. The van der Waals surface area contributed by atoms with Crippen LogP contribution in [0.5, 0.6) is 0 Å². The first-order valence-corrected chi connectivity index (χ1v) is 8.98. The predicted molar refractivity (Wildman–Crippen MR) is 100 cm³/mol.